The van der Waals surface area contributed by atoms with Crippen molar-refractivity contribution in [2.24, 2.45) is 0 Å². The van der Waals surface area contributed by atoms with Crippen LogP contribution in [0.1, 0.15) is 23.0 Å². The first-order valence-electron chi connectivity index (χ1n) is 7.88. The molecule has 0 saturated carbocycles. The molecule has 1 aromatic carbocycles. The van der Waals surface area contributed by atoms with E-state index < -0.39 is 18.0 Å². The number of hydrogen-bond donors (Lipinski definition) is 1. The fraction of sp³-hybridized carbons (Fsp3) is 0.222. The van der Waals surface area contributed by atoms with Gasteiger partial charge in [0.1, 0.15) is 5.58 Å². The molecule has 0 aliphatic rings. The molecule has 2 heterocycles. The standard InChI is InChI=1S/C18H17N3O5/c1-11(16(22)21-18-19-8-5-9-20-18)25-17(23)15-13(10-24-2)12-6-3-4-7-14(12)26-15/h3-9,11H,10H2,1-2H3,(H,19,20,21,22). The number of anilines is 1. The van der Waals surface area contributed by atoms with E-state index in [1.54, 1.807) is 18.2 Å². The van der Waals surface area contributed by atoms with Crippen molar-refractivity contribution >= 4 is 28.8 Å². The number of aromatic nitrogens is 2. The Bertz CT molecular complexity index is 923. The van der Waals surface area contributed by atoms with E-state index in [0.717, 1.165) is 5.39 Å². The molecule has 0 spiro atoms. The Morgan fingerprint density at radius 1 is 1.19 bits per heavy atom. The third-order valence-electron chi connectivity index (χ3n) is 3.63. The summed E-state index contributed by atoms with van der Waals surface area (Å²) in [7, 11) is 1.52. The van der Waals surface area contributed by atoms with Crippen molar-refractivity contribution in [1.82, 2.24) is 9.97 Å². The zero-order valence-electron chi connectivity index (χ0n) is 14.3. The maximum absolute atomic E-state index is 12.5. The number of nitrogens with zero attached hydrogens (tertiary/aromatic N) is 2. The van der Waals surface area contributed by atoms with Crippen molar-refractivity contribution in [3.8, 4) is 0 Å². The number of carbonyl (C=O) groups excluding carboxylic acids is 2. The van der Waals surface area contributed by atoms with Crippen LogP contribution in [0.25, 0.3) is 11.0 Å². The molecule has 1 amide bonds. The Morgan fingerprint density at radius 3 is 2.65 bits per heavy atom. The van der Waals surface area contributed by atoms with Gasteiger partial charge in [0.2, 0.25) is 11.7 Å². The number of nitrogens with one attached hydrogen (secondary N) is 1. The summed E-state index contributed by atoms with van der Waals surface area (Å²) in [6, 6.07) is 8.83. The van der Waals surface area contributed by atoms with Gasteiger partial charge in [-0.15, -0.1) is 0 Å². The molecule has 0 radical (unpaired) electrons. The lowest BCUT2D eigenvalue weighted by Gasteiger charge is -2.12. The Hall–Kier alpha value is -3.26. The molecule has 1 N–H and O–H groups in total. The normalized spacial score (nSPS) is 11.9. The summed E-state index contributed by atoms with van der Waals surface area (Å²) < 4.78 is 16.0. The number of para-hydroxylation sites is 1. The van der Waals surface area contributed by atoms with Crippen LogP contribution in [0, 0.1) is 0 Å². The quantitative estimate of drug-likeness (QED) is 0.678. The van der Waals surface area contributed by atoms with E-state index in [1.165, 1.54) is 26.4 Å². The van der Waals surface area contributed by atoms with Crippen molar-refractivity contribution in [1.29, 1.82) is 0 Å². The minimum Gasteiger partial charge on any atom is -0.449 e. The molecule has 1 unspecified atom stereocenters. The van der Waals surface area contributed by atoms with Crippen molar-refractivity contribution in [3.05, 3.63) is 54.0 Å². The zero-order valence-corrected chi connectivity index (χ0v) is 14.3. The lowest BCUT2D eigenvalue weighted by molar-refractivity contribution is -0.123. The number of benzene rings is 1. The van der Waals surface area contributed by atoms with Crippen molar-refractivity contribution in [2.75, 3.05) is 12.4 Å². The number of amides is 1. The van der Waals surface area contributed by atoms with Crippen LogP contribution in [0.4, 0.5) is 5.95 Å². The SMILES string of the molecule is COCc1c(C(=O)OC(C)C(=O)Nc2ncccn2)oc2ccccc12. The van der Waals surface area contributed by atoms with E-state index >= 15 is 0 Å². The van der Waals surface area contributed by atoms with Crippen molar-refractivity contribution < 1.29 is 23.5 Å². The van der Waals surface area contributed by atoms with E-state index in [-0.39, 0.29) is 18.3 Å². The molecule has 8 heteroatoms. The average Bonchev–Trinajstić information content (AvgIpc) is 3.02. The Labute approximate surface area is 149 Å². The van der Waals surface area contributed by atoms with E-state index in [1.807, 2.05) is 12.1 Å². The Balaban J connectivity index is 1.76. The van der Waals surface area contributed by atoms with E-state index in [0.29, 0.717) is 11.1 Å². The summed E-state index contributed by atoms with van der Waals surface area (Å²) in [5.74, 6) is -1.15. The molecular formula is C18H17N3O5. The third kappa shape index (κ3) is 3.70. The Morgan fingerprint density at radius 2 is 1.92 bits per heavy atom. The van der Waals surface area contributed by atoms with Gasteiger partial charge < -0.3 is 13.9 Å². The lowest BCUT2D eigenvalue weighted by atomic mass is 10.1. The predicted octanol–water partition coefficient (Wildman–Crippen LogP) is 2.55. The van der Waals surface area contributed by atoms with Gasteiger partial charge in [0.25, 0.3) is 5.91 Å². The largest absolute Gasteiger partial charge is 0.449 e. The number of ether oxygens (including phenoxy) is 2. The zero-order chi connectivity index (χ0) is 18.5. The van der Waals surface area contributed by atoms with Gasteiger partial charge in [-0.2, -0.15) is 0 Å². The van der Waals surface area contributed by atoms with Crippen molar-refractivity contribution in [2.45, 2.75) is 19.6 Å². The van der Waals surface area contributed by atoms with Crippen LogP contribution < -0.4 is 5.32 Å². The van der Waals surface area contributed by atoms with Gasteiger partial charge in [0.15, 0.2) is 6.10 Å². The fourth-order valence-electron chi connectivity index (χ4n) is 2.39. The predicted molar refractivity (Wildman–Crippen MR) is 92.5 cm³/mol. The second-order valence-corrected chi connectivity index (χ2v) is 5.45. The highest BCUT2D eigenvalue weighted by Crippen LogP contribution is 2.27. The number of fused-ring (bicyclic) bond motifs is 1. The number of methoxy groups -OCH3 is 1. The first-order chi connectivity index (χ1) is 12.6. The minimum absolute atomic E-state index is 0.0173. The van der Waals surface area contributed by atoms with E-state index in [4.69, 9.17) is 13.9 Å². The molecule has 2 aromatic heterocycles. The second kappa shape index (κ2) is 7.75. The number of carbonyl (C=O) groups is 2. The molecule has 0 fully saturated rings. The fourth-order valence-corrected chi connectivity index (χ4v) is 2.39. The summed E-state index contributed by atoms with van der Waals surface area (Å²) in [4.78, 5) is 32.4. The van der Waals surface area contributed by atoms with Crippen LogP contribution in [0.5, 0.6) is 0 Å². The van der Waals surface area contributed by atoms with Gasteiger partial charge in [-0.1, -0.05) is 18.2 Å². The molecule has 3 rings (SSSR count). The third-order valence-corrected chi connectivity index (χ3v) is 3.63. The highest BCUT2D eigenvalue weighted by molar-refractivity contribution is 5.99. The average molecular weight is 355 g/mol. The van der Waals surface area contributed by atoms with Gasteiger partial charge in [-0.3, -0.25) is 10.1 Å². The topological polar surface area (TPSA) is 104 Å². The minimum atomic E-state index is -1.06. The number of esters is 1. The molecule has 0 saturated heterocycles. The molecule has 26 heavy (non-hydrogen) atoms. The highest BCUT2D eigenvalue weighted by Gasteiger charge is 2.26. The van der Waals surface area contributed by atoms with Gasteiger partial charge in [0, 0.05) is 30.5 Å². The van der Waals surface area contributed by atoms with Gasteiger partial charge in [-0.25, -0.2) is 14.8 Å². The molecule has 0 aliphatic heterocycles. The molecule has 1 atom stereocenters. The van der Waals surface area contributed by atoms with Crippen LogP contribution >= 0.6 is 0 Å². The van der Waals surface area contributed by atoms with Gasteiger partial charge in [-0.05, 0) is 19.1 Å². The van der Waals surface area contributed by atoms with E-state index in [2.05, 4.69) is 15.3 Å². The van der Waals surface area contributed by atoms with Crippen molar-refractivity contribution in [3.63, 3.8) is 0 Å². The number of hydrogen-bond acceptors (Lipinski definition) is 7. The van der Waals surface area contributed by atoms with Gasteiger partial charge in [0.05, 0.1) is 6.61 Å². The molecular weight excluding hydrogens is 338 g/mol. The molecule has 0 aliphatic carbocycles. The first-order valence-corrected chi connectivity index (χ1v) is 7.88. The van der Waals surface area contributed by atoms with Crippen LogP contribution in [0.3, 0.4) is 0 Å². The molecule has 0 bridgehead atoms. The summed E-state index contributed by atoms with van der Waals surface area (Å²) in [6.45, 7) is 1.63. The highest BCUT2D eigenvalue weighted by atomic mass is 16.6. The van der Waals surface area contributed by atoms with Crippen LogP contribution in [0.2, 0.25) is 0 Å². The summed E-state index contributed by atoms with van der Waals surface area (Å²) in [6.07, 6.45) is 1.92. The summed E-state index contributed by atoms with van der Waals surface area (Å²) >= 11 is 0. The monoisotopic (exact) mass is 355 g/mol. The Kier molecular flexibility index (Phi) is 5.23. The summed E-state index contributed by atoms with van der Waals surface area (Å²) in [5.41, 5.74) is 1.12. The maximum Gasteiger partial charge on any atom is 0.375 e. The number of rotatable bonds is 6. The second-order valence-electron chi connectivity index (χ2n) is 5.45. The number of furan rings is 1. The first kappa shape index (κ1) is 17.6. The maximum atomic E-state index is 12.5. The molecule has 134 valence electrons. The van der Waals surface area contributed by atoms with Crippen LogP contribution in [-0.4, -0.2) is 35.1 Å². The lowest BCUT2D eigenvalue weighted by Crippen LogP contribution is -2.30. The smallest absolute Gasteiger partial charge is 0.375 e. The summed E-state index contributed by atoms with van der Waals surface area (Å²) in [5, 5.41) is 3.23. The van der Waals surface area contributed by atoms with Gasteiger partial charge >= 0.3 is 5.97 Å². The molecule has 3 aromatic rings. The van der Waals surface area contributed by atoms with E-state index in [9.17, 15) is 9.59 Å². The van der Waals surface area contributed by atoms with Crippen LogP contribution in [-0.2, 0) is 20.9 Å². The molecule has 8 nitrogen and oxygen atoms in total. The van der Waals surface area contributed by atoms with Crippen LogP contribution in [0.15, 0.2) is 47.1 Å².